The van der Waals surface area contributed by atoms with Gasteiger partial charge in [-0.1, -0.05) is 32.3 Å². The molecule has 0 bridgehead atoms. The summed E-state index contributed by atoms with van der Waals surface area (Å²) < 4.78 is 5.19. The van der Waals surface area contributed by atoms with Crippen molar-refractivity contribution in [3.63, 3.8) is 0 Å². The van der Waals surface area contributed by atoms with Gasteiger partial charge in [-0.05, 0) is 12.5 Å². The normalized spacial score (nSPS) is 17.6. The minimum absolute atomic E-state index is 0.310. The Balaban J connectivity index is 2.16. The van der Waals surface area contributed by atoms with E-state index >= 15 is 0 Å². The maximum Gasteiger partial charge on any atom is 0.124 e. The number of hydrogen-bond donors (Lipinski definition) is 2. The molecule has 1 heterocycles. The number of hydrogen-bond acceptors (Lipinski definition) is 4. The summed E-state index contributed by atoms with van der Waals surface area (Å²) in [7, 11) is 1.63. The minimum Gasteiger partial charge on any atom is -0.507 e. The number of rotatable bonds is 7. The molecule has 4 heteroatoms. The predicted molar refractivity (Wildman–Crippen MR) is 86.0 cm³/mol. The zero-order chi connectivity index (χ0) is 15.1. The molecule has 1 aliphatic rings. The van der Waals surface area contributed by atoms with Crippen molar-refractivity contribution < 1.29 is 9.84 Å². The van der Waals surface area contributed by atoms with E-state index in [9.17, 15) is 5.11 Å². The molecule has 0 aliphatic carbocycles. The van der Waals surface area contributed by atoms with Gasteiger partial charge < -0.3 is 15.2 Å². The summed E-state index contributed by atoms with van der Waals surface area (Å²) in [6.45, 7) is 6.37. The quantitative estimate of drug-likeness (QED) is 0.759. The Kier molecular flexibility index (Phi) is 6.33. The molecule has 0 aromatic heterocycles. The molecule has 0 amide bonds. The van der Waals surface area contributed by atoms with E-state index in [0.717, 1.165) is 38.2 Å². The second-order valence-electron chi connectivity index (χ2n) is 5.72. The SMILES string of the molecule is CCCCC[C@@H](c1ccc(OC)cc1O)N1CCNCC1. The molecule has 1 aromatic rings. The van der Waals surface area contributed by atoms with E-state index in [1.165, 1.54) is 19.3 Å². The lowest BCUT2D eigenvalue weighted by atomic mass is 9.97. The molecule has 1 saturated heterocycles. The molecule has 2 rings (SSSR count). The number of ether oxygens (including phenoxy) is 1. The topological polar surface area (TPSA) is 44.7 Å². The number of aromatic hydroxyl groups is 1. The summed E-state index contributed by atoms with van der Waals surface area (Å²) in [6.07, 6.45) is 4.78. The molecule has 118 valence electrons. The van der Waals surface area contributed by atoms with E-state index in [0.29, 0.717) is 17.5 Å². The Labute approximate surface area is 128 Å². The van der Waals surface area contributed by atoms with E-state index in [1.54, 1.807) is 13.2 Å². The number of nitrogens with zero attached hydrogens (tertiary/aromatic N) is 1. The fraction of sp³-hybridized carbons (Fsp3) is 0.647. The van der Waals surface area contributed by atoms with Crippen molar-refractivity contribution in [2.45, 2.75) is 38.6 Å². The smallest absolute Gasteiger partial charge is 0.124 e. The first-order valence-corrected chi connectivity index (χ1v) is 8.08. The van der Waals surface area contributed by atoms with Crippen molar-refractivity contribution in [2.24, 2.45) is 0 Å². The first kappa shape index (κ1) is 16.1. The van der Waals surface area contributed by atoms with Gasteiger partial charge in [0.1, 0.15) is 11.5 Å². The molecule has 1 atom stereocenters. The number of nitrogens with one attached hydrogen (secondary N) is 1. The maximum absolute atomic E-state index is 10.4. The summed E-state index contributed by atoms with van der Waals surface area (Å²) >= 11 is 0. The summed E-state index contributed by atoms with van der Waals surface area (Å²) in [5.74, 6) is 1.07. The average molecular weight is 292 g/mol. The molecule has 0 spiro atoms. The third kappa shape index (κ3) is 4.35. The van der Waals surface area contributed by atoms with Gasteiger partial charge in [0.25, 0.3) is 0 Å². The molecule has 0 unspecified atom stereocenters. The van der Waals surface area contributed by atoms with Crippen molar-refractivity contribution in [3.05, 3.63) is 23.8 Å². The summed E-state index contributed by atoms with van der Waals surface area (Å²) in [5, 5.41) is 13.8. The zero-order valence-corrected chi connectivity index (χ0v) is 13.3. The molecular weight excluding hydrogens is 264 g/mol. The first-order valence-electron chi connectivity index (χ1n) is 8.08. The fourth-order valence-corrected chi connectivity index (χ4v) is 3.05. The molecule has 21 heavy (non-hydrogen) atoms. The lowest BCUT2D eigenvalue weighted by molar-refractivity contribution is 0.160. The van der Waals surface area contributed by atoms with Crippen LogP contribution in [0.15, 0.2) is 18.2 Å². The predicted octanol–water partition coefficient (Wildman–Crippen LogP) is 2.93. The van der Waals surface area contributed by atoms with E-state index < -0.39 is 0 Å². The lowest BCUT2D eigenvalue weighted by Gasteiger charge is -2.35. The number of unbranched alkanes of at least 4 members (excludes halogenated alkanes) is 2. The number of piperazine rings is 1. The average Bonchev–Trinajstić information content (AvgIpc) is 2.53. The molecule has 4 nitrogen and oxygen atoms in total. The summed E-state index contributed by atoms with van der Waals surface area (Å²) in [5.41, 5.74) is 1.04. The summed E-state index contributed by atoms with van der Waals surface area (Å²) in [4.78, 5) is 2.49. The lowest BCUT2D eigenvalue weighted by Crippen LogP contribution is -2.45. The van der Waals surface area contributed by atoms with Crippen LogP contribution in [-0.4, -0.2) is 43.3 Å². The van der Waals surface area contributed by atoms with Crippen LogP contribution in [0.3, 0.4) is 0 Å². The Hall–Kier alpha value is -1.26. The van der Waals surface area contributed by atoms with Crippen LogP contribution in [0.25, 0.3) is 0 Å². The van der Waals surface area contributed by atoms with Gasteiger partial charge in [0.15, 0.2) is 0 Å². The second kappa shape index (κ2) is 8.25. The van der Waals surface area contributed by atoms with Crippen molar-refractivity contribution in [1.82, 2.24) is 10.2 Å². The highest BCUT2D eigenvalue weighted by Gasteiger charge is 2.24. The largest absolute Gasteiger partial charge is 0.507 e. The van der Waals surface area contributed by atoms with Crippen LogP contribution in [-0.2, 0) is 0 Å². The number of methoxy groups -OCH3 is 1. The van der Waals surface area contributed by atoms with Crippen LogP contribution in [0.1, 0.15) is 44.2 Å². The van der Waals surface area contributed by atoms with Gasteiger partial charge in [-0.25, -0.2) is 0 Å². The minimum atomic E-state index is 0.310. The number of phenolic OH excluding ortho intramolecular Hbond substituents is 1. The number of benzene rings is 1. The van der Waals surface area contributed by atoms with Crippen molar-refractivity contribution in [3.8, 4) is 11.5 Å². The first-order chi connectivity index (χ1) is 10.3. The molecule has 0 radical (unpaired) electrons. The van der Waals surface area contributed by atoms with E-state index in [2.05, 4.69) is 17.1 Å². The third-order valence-electron chi connectivity index (χ3n) is 4.27. The molecule has 1 fully saturated rings. The Bertz CT molecular complexity index is 431. The van der Waals surface area contributed by atoms with Crippen LogP contribution in [0, 0.1) is 0 Å². The van der Waals surface area contributed by atoms with Crippen LogP contribution >= 0.6 is 0 Å². The molecule has 2 N–H and O–H groups in total. The highest BCUT2D eigenvalue weighted by molar-refractivity contribution is 5.41. The highest BCUT2D eigenvalue weighted by Crippen LogP contribution is 2.35. The van der Waals surface area contributed by atoms with Crippen LogP contribution < -0.4 is 10.1 Å². The third-order valence-corrected chi connectivity index (χ3v) is 4.27. The van der Waals surface area contributed by atoms with Gasteiger partial charge in [-0.15, -0.1) is 0 Å². The second-order valence-corrected chi connectivity index (χ2v) is 5.72. The van der Waals surface area contributed by atoms with E-state index in [-0.39, 0.29) is 0 Å². The van der Waals surface area contributed by atoms with E-state index in [4.69, 9.17) is 4.74 Å². The van der Waals surface area contributed by atoms with Crippen molar-refractivity contribution in [1.29, 1.82) is 0 Å². The zero-order valence-electron chi connectivity index (χ0n) is 13.3. The molecule has 0 saturated carbocycles. The number of phenols is 1. The van der Waals surface area contributed by atoms with Crippen LogP contribution in [0.2, 0.25) is 0 Å². The summed E-state index contributed by atoms with van der Waals surface area (Å²) in [6, 6.07) is 6.01. The van der Waals surface area contributed by atoms with Gasteiger partial charge in [0.2, 0.25) is 0 Å². The van der Waals surface area contributed by atoms with Crippen molar-refractivity contribution >= 4 is 0 Å². The van der Waals surface area contributed by atoms with Crippen LogP contribution in [0.5, 0.6) is 11.5 Å². The van der Waals surface area contributed by atoms with Gasteiger partial charge >= 0.3 is 0 Å². The molecule has 1 aromatic carbocycles. The van der Waals surface area contributed by atoms with Crippen LogP contribution in [0.4, 0.5) is 0 Å². The standard InChI is InChI=1S/C17H28N2O2/c1-3-4-5-6-16(19-11-9-18-10-12-19)15-8-7-14(21-2)13-17(15)20/h7-8,13,16,18,20H,3-6,9-12H2,1-2H3/t16-/m0/s1. The Morgan fingerprint density at radius 2 is 2.05 bits per heavy atom. The van der Waals surface area contributed by atoms with Gasteiger partial charge in [0.05, 0.1) is 7.11 Å². The Morgan fingerprint density at radius 3 is 2.67 bits per heavy atom. The van der Waals surface area contributed by atoms with E-state index in [1.807, 2.05) is 12.1 Å². The highest BCUT2D eigenvalue weighted by atomic mass is 16.5. The molecule has 1 aliphatic heterocycles. The maximum atomic E-state index is 10.4. The molecular formula is C17H28N2O2. The Morgan fingerprint density at radius 1 is 1.29 bits per heavy atom. The monoisotopic (exact) mass is 292 g/mol. The fourth-order valence-electron chi connectivity index (χ4n) is 3.05. The van der Waals surface area contributed by atoms with Gasteiger partial charge in [-0.3, -0.25) is 4.90 Å². The van der Waals surface area contributed by atoms with Crippen molar-refractivity contribution in [2.75, 3.05) is 33.3 Å². The van der Waals surface area contributed by atoms with Gasteiger partial charge in [0, 0.05) is 43.9 Å². The van der Waals surface area contributed by atoms with Gasteiger partial charge in [-0.2, -0.15) is 0 Å².